The number of hydrogen-bond donors (Lipinski definition) is 3. The second kappa shape index (κ2) is 5.17. The highest BCUT2D eigenvalue weighted by Crippen LogP contribution is 2.08. The summed E-state index contributed by atoms with van der Waals surface area (Å²) in [5.74, 6) is -1.19. The first-order chi connectivity index (χ1) is 5.91. The van der Waals surface area contributed by atoms with Gasteiger partial charge >= 0.3 is 0 Å². The van der Waals surface area contributed by atoms with Crippen molar-refractivity contribution in [3.8, 4) is 0 Å². The predicted octanol–water partition coefficient (Wildman–Crippen LogP) is 1.21. The van der Waals surface area contributed by atoms with E-state index >= 15 is 0 Å². The normalized spacial score (nSPS) is 12.9. The summed E-state index contributed by atoms with van der Waals surface area (Å²) in [6.45, 7) is 6.08. The van der Waals surface area contributed by atoms with Crippen LogP contribution in [-0.4, -0.2) is 5.79 Å². The molecule has 0 fully saturated rings. The van der Waals surface area contributed by atoms with Gasteiger partial charge in [-0.2, -0.15) is 0 Å². The Kier molecular flexibility index (Phi) is 4.91. The number of allylic oxidation sites excluding steroid dienone is 3. The van der Waals surface area contributed by atoms with Crippen LogP contribution < -0.4 is 17.2 Å². The van der Waals surface area contributed by atoms with Gasteiger partial charge in [-0.25, -0.2) is 0 Å². The molecular formula is C10H21N3. The van der Waals surface area contributed by atoms with E-state index in [1.165, 1.54) is 5.57 Å². The maximum Gasteiger partial charge on any atom is 0.138 e. The van der Waals surface area contributed by atoms with E-state index in [0.29, 0.717) is 0 Å². The molecule has 0 aromatic carbocycles. The summed E-state index contributed by atoms with van der Waals surface area (Å²) in [5, 5.41) is 0. The summed E-state index contributed by atoms with van der Waals surface area (Å²) in [7, 11) is 0. The molecule has 0 atom stereocenters. The molecule has 3 heteroatoms. The SMILES string of the molecule is CCC(=C/C=C(\C)C(N)(N)N)CC. The lowest BCUT2D eigenvalue weighted by atomic mass is 10.1. The predicted molar refractivity (Wildman–Crippen MR) is 57.7 cm³/mol. The van der Waals surface area contributed by atoms with Gasteiger partial charge in [0, 0.05) is 0 Å². The molecule has 0 bridgehead atoms. The average molecular weight is 183 g/mol. The van der Waals surface area contributed by atoms with Crippen LogP contribution in [0.15, 0.2) is 23.3 Å². The van der Waals surface area contributed by atoms with Crippen molar-refractivity contribution in [3.05, 3.63) is 23.3 Å². The minimum absolute atomic E-state index is 0.784. The smallest absolute Gasteiger partial charge is 0.138 e. The zero-order valence-electron chi connectivity index (χ0n) is 8.80. The molecule has 0 aliphatic carbocycles. The molecule has 3 nitrogen and oxygen atoms in total. The number of nitrogens with two attached hydrogens (primary N) is 3. The highest BCUT2D eigenvalue weighted by atomic mass is 15.1. The fourth-order valence-electron chi connectivity index (χ4n) is 0.873. The Morgan fingerprint density at radius 1 is 1.08 bits per heavy atom. The van der Waals surface area contributed by atoms with Gasteiger partial charge in [0.25, 0.3) is 0 Å². The van der Waals surface area contributed by atoms with Crippen LogP contribution in [0.5, 0.6) is 0 Å². The molecule has 0 amide bonds. The van der Waals surface area contributed by atoms with Crippen molar-refractivity contribution in [2.24, 2.45) is 17.2 Å². The second-order valence-electron chi connectivity index (χ2n) is 3.31. The van der Waals surface area contributed by atoms with E-state index in [1.54, 1.807) is 0 Å². The van der Waals surface area contributed by atoms with Crippen LogP contribution in [0.4, 0.5) is 0 Å². The monoisotopic (exact) mass is 183 g/mol. The van der Waals surface area contributed by atoms with E-state index in [9.17, 15) is 0 Å². The molecule has 0 aromatic heterocycles. The zero-order chi connectivity index (χ0) is 10.5. The third-order valence-corrected chi connectivity index (χ3v) is 2.16. The van der Waals surface area contributed by atoms with Crippen molar-refractivity contribution >= 4 is 0 Å². The summed E-state index contributed by atoms with van der Waals surface area (Å²) < 4.78 is 0. The van der Waals surface area contributed by atoms with Crippen LogP contribution in [0.25, 0.3) is 0 Å². The maximum atomic E-state index is 5.51. The molecule has 0 aliphatic heterocycles. The lowest BCUT2D eigenvalue weighted by Gasteiger charge is -2.18. The Labute approximate surface area is 80.7 Å². The number of hydrogen-bond acceptors (Lipinski definition) is 3. The molecule has 0 rings (SSSR count). The Bertz CT molecular complexity index is 203. The fraction of sp³-hybridized carbons (Fsp3) is 0.600. The van der Waals surface area contributed by atoms with Gasteiger partial charge in [0.2, 0.25) is 0 Å². The third-order valence-electron chi connectivity index (χ3n) is 2.16. The largest absolute Gasteiger partial charge is 0.298 e. The Morgan fingerprint density at radius 3 is 1.85 bits per heavy atom. The van der Waals surface area contributed by atoms with Gasteiger partial charge in [-0.15, -0.1) is 0 Å². The lowest BCUT2D eigenvalue weighted by molar-refractivity contribution is 0.545. The van der Waals surface area contributed by atoms with Crippen molar-refractivity contribution < 1.29 is 0 Å². The van der Waals surface area contributed by atoms with Crippen LogP contribution >= 0.6 is 0 Å². The number of rotatable bonds is 4. The van der Waals surface area contributed by atoms with Crippen LogP contribution in [0.2, 0.25) is 0 Å². The van der Waals surface area contributed by atoms with E-state index in [2.05, 4.69) is 13.8 Å². The van der Waals surface area contributed by atoms with Crippen LogP contribution in [-0.2, 0) is 0 Å². The molecule has 0 aromatic rings. The topological polar surface area (TPSA) is 78.1 Å². The van der Waals surface area contributed by atoms with Gasteiger partial charge in [-0.3, -0.25) is 17.2 Å². The van der Waals surface area contributed by atoms with Crippen molar-refractivity contribution in [3.63, 3.8) is 0 Å². The summed E-state index contributed by atoms with van der Waals surface area (Å²) in [5.41, 5.74) is 18.7. The standard InChI is InChI=1S/C10H21N3/c1-4-9(5-2)7-6-8(3)10(11,12)13/h6-7H,4-5,11-13H2,1-3H3/b8-6+. The first-order valence-electron chi connectivity index (χ1n) is 4.65. The maximum absolute atomic E-state index is 5.51. The average Bonchev–Trinajstić information content (AvgIpc) is 2.04. The highest BCUT2D eigenvalue weighted by Gasteiger charge is 2.12. The van der Waals surface area contributed by atoms with E-state index in [-0.39, 0.29) is 0 Å². The minimum Gasteiger partial charge on any atom is -0.298 e. The van der Waals surface area contributed by atoms with Crippen molar-refractivity contribution in [1.29, 1.82) is 0 Å². The first-order valence-corrected chi connectivity index (χ1v) is 4.65. The van der Waals surface area contributed by atoms with Gasteiger partial charge in [-0.05, 0) is 25.3 Å². The summed E-state index contributed by atoms with van der Waals surface area (Å²) in [6, 6.07) is 0. The molecular weight excluding hydrogens is 162 g/mol. The molecule has 0 aliphatic rings. The Hall–Kier alpha value is -0.640. The first kappa shape index (κ1) is 12.4. The Morgan fingerprint density at radius 2 is 1.54 bits per heavy atom. The molecule has 0 radical (unpaired) electrons. The quantitative estimate of drug-likeness (QED) is 0.453. The van der Waals surface area contributed by atoms with Crippen molar-refractivity contribution in [1.82, 2.24) is 0 Å². The molecule has 0 unspecified atom stereocenters. The molecule has 0 heterocycles. The third kappa shape index (κ3) is 4.83. The summed E-state index contributed by atoms with van der Waals surface area (Å²) in [4.78, 5) is 0. The van der Waals surface area contributed by atoms with Gasteiger partial charge in [0.05, 0.1) is 0 Å². The van der Waals surface area contributed by atoms with Crippen LogP contribution in [0.3, 0.4) is 0 Å². The molecule has 13 heavy (non-hydrogen) atoms. The van der Waals surface area contributed by atoms with Crippen molar-refractivity contribution in [2.45, 2.75) is 39.4 Å². The second-order valence-corrected chi connectivity index (χ2v) is 3.31. The van der Waals surface area contributed by atoms with E-state index in [4.69, 9.17) is 17.2 Å². The molecule has 0 saturated carbocycles. The molecule has 76 valence electrons. The summed E-state index contributed by atoms with van der Waals surface area (Å²) in [6.07, 6.45) is 6.03. The zero-order valence-corrected chi connectivity index (χ0v) is 8.80. The Balaban J connectivity index is 4.49. The summed E-state index contributed by atoms with van der Waals surface area (Å²) >= 11 is 0. The fourth-order valence-corrected chi connectivity index (χ4v) is 0.873. The van der Waals surface area contributed by atoms with Gasteiger partial charge in [-0.1, -0.05) is 31.6 Å². The van der Waals surface area contributed by atoms with Gasteiger partial charge in [0.1, 0.15) is 5.79 Å². The van der Waals surface area contributed by atoms with Gasteiger partial charge in [0.15, 0.2) is 0 Å². The van der Waals surface area contributed by atoms with Crippen LogP contribution in [0, 0.1) is 0 Å². The van der Waals surface area contributed by atoms with Crippen LogP contribution in [0.1, 0.15) is 33.6 Å². The van der Waals surface area contributed by atoms with E-state index < -0.39 is 5.79 Å². The van der Waals surface area contributed by atoms with E-state index in [0.717, 1.165) is 18.4 Å². The lowest BCUT2D eigenvalue weighted by Crippen LogP contribution is -2.58. The van der Waals surface area contributed by atoms with E-state index in [1.807, 2.05) is 19.1 Å². The molecule has 6 N–H and O–H groups in total. The molecule has 0 saturated heterocycles. The minimum atomic E-state index is -1.19. The molecule has 0 spiro atoms. The highest BCUT2D eigenvalue weighted by molar-refractivity contribution is 5.21. The van der Waals surface area contributed by atoms with Crippen molar-refractivity contribution in [2.75, 3.05) is 0 Å². The van der Waals surface area contributed by atoms with Gasteiger partial charge < -0.3 is 0 Å².